The Balaban J connectivity index is 2.36. The first kappa shape index (κ1) is 13.6. The van der Waals surface area contributed by atoms with E-state index in [9.17, 15) is 14.9 Å². The Kier molecular flexibility index (Phi) is 3.61. The van der Waals surface area contributed by atoms with Gasteiger partial charge in [0.2, 0.25) is 5.91 Å². The van der Waals surface area contributed by atoms with Crippen LogP contribution in [0, 0.1) is 16.0 Å². The van der Waals surface area contributed by atoms with Gasteiger partial charge in [-0.15, -0.1) is 0 Å². The zero-order chi connectivity index (χ0) is 14.2. The summed E-state index contributed by atoms with van der Waals surface area (Å²) in [4.78, 5) is 23.7. The molecule has 0 bridgehead atoms. The van der Waals surface area contributed by atoms with Crippen LogP contribution in [-0.2, 0) is 11.2 Å². The molecule has 0 saturated carbocycles. The molecule has 0 saturated heterocycles. The van der Waals surface area contributed by atoms with E-state index in [0.29, 0.717) is 17.7 Å². The second-order valence-corrected chi connectivity index (χ2v) is 4.96. The molecule has 0 spiro atoms. The molecule has 102 valence electrons. The molecule has 0 N–H and O–H groups in total. The first-order valence-electron chi connectivity index (χ1n) is 5.71. The van der Waals surface area contributed by atoms with Crippen LogP contribution in [0.1, 0.15) is 5.56 Å². The molecule has 7 heteroatoms. The van der Waals surface area contributed by atoms with Crippen LogP contribution in [0.4, 0.5) is 5.69 Å². The lowest BCUT2D eigenvalue weighted by molar-refractivity contribution is -0.384. The van der Waals surface area contributed by atoms with Crippen LogP contribution in [0.2, 0.25) is 5.02 Å². The SMILES string of the molecule is CN(C)C(=O)[C@@H]1COc2ccc([N+](=O)[O-])c(Cl)c2C1. The van der Waals surface area contributed by atoms with Gasteiger partial charge in [0.1, 0.15) is 17.4 Å². The first-order chi connectivity index (χ1) is 8.91. The van der Waals surface area contributed by atoms with E-state index in [-0.39, 0.29) is 29.1 Å². The minimum Gasteiger partial charge on any atom is -0.492 e. The minimum absolute atomic E-state index is 0.0544. The number of nitro benzene ring substituents is 1. The fraction of sp³-hybridized carbons (Fsp3) is 0.417. The van der Waals surface area contributed by atoms with Crippen molar-refractivity contribution in [1.82, 2.24) is 4.90 Å². The van der Waals surface area contributed by atoms with Crippen molar-refractivity contribution in [3.63, 3.8) is 0 Å². The Morgan fingerprint density at radius 2 is 2.21 bits per heavy atom. The smallest absolute Gasteiger partial charge is 0.288 e. The Hall–Kier alpha value is -1.82. The van der Waals surface area contributed by atoms with E-state index in [1.54, 1.807) is 14.1 Å². The van der Waals surface area contributed by atoms with Crippen LogP contribution in [0.15, 0.2) is 12.1 Å². The van der Waals surface area contributed by atoms with Gasteiger partial charge in [0.25, 0.3) is 5.69 Å². The highest BCUT2D eigenvalue weighted by Crippen LogP contribution is 2.38. The maximum atomic E-state index is 11.9. The molecule has 0 unspecified atom stereocenters. The number of halogens is 1. The third-order valence-electron chi connectivity index (χ3n) is 3.06. The third-order valence-corrected chi connectivity index (χ3v) is 3.48. The molecule has 0 aromatic heterocycles. The number of nitro groups is 1. The number of nitrogens with zero attached hydrogens (tertiary/aromatic N) is 2. The summed E-state index contributed by atoms with van der Waals surface area (Å²) < 4.78 is 5.47. The summed E-state index contributed by atoms with van der Waals surface area (Å²) in [7, 11) is 3.32. The van der Waals surface area contributed by atoms with Crippen molar-refractivity contribution in [3.8, 4) is 5.75 Å². The average Bonchev–Trinajstić information content (AvgIpc) is 2.37. The van der Waals surface area contributed by atoms with E-state index in [4.69, 9.17) is 16.3 Å². The number of fused-ring (bicyclic) bond motifs is 1. The fourth-order valence-corrected chi connectivity index (χ4v) is 2.38. The quantitative estimate of drug-likeness (QED) is 0.614. The van der Waals surface area contributed by atoms with E-state index in [0.717, 1.165) is 0 Å². The maximum absolute atomic E-state index is 11.9. The topological polar surface area (TPSA) is 72.7 Å². The summed E-state index contributed by atoms with van der Waals surface area (Å²) in [5.41, 5.74) is 0.365. The summed E-state index contributed by atoms with van der Waals surface area (Å²) in [6.45, 7) is 0.262. The summed E-state index contributed by atoms with van der Waals surface area (Å²) in [6, 6.07) is 2.84. The van der Waals surface area contributed by atoms with Crippen molar-refractivity contribution < 1.29 is 14.5 Å². The lowest BCUT2D eigenvalue weighted by Gasteiger charge is -2.27. The number of carbonyl (C=O) groups is 1. The molecule has 2 rings (SSSR count). The number of benzene rings is 1. The Morgan fingerprint density at radius 3 is 2.79 bits per heavy atom. The number of hydrogen-bond acceptors (Lipinski definition) is 4. The summed E-state index contributed by atoms with van der Waals surface area (Å²) >= 11 is 6.02. The maximum Gasteiger partial charge on any atom is 0.288 e. The highest BCUT2D eigenvalue weighted by molar-refractivity contribution is 6.33. The van der Waals surface area contributed by atoms with Gasteiger partial charge < -0.3 is 9.64 Å². The van der Waals surface area contributed by atoms with E-state index in [1.165, 1.54) is 17.0 Å². The van der Waals surface area contributed by atoms with Gasteiger partial charge in [-0.3, -0.25) is 14.9 Å². The second-order valence-electron chi connectivity index (χ2n) is 4.58. The predicted molar refractivity (Wildman–Crippen MR) is 69.5 cm³/mol. The van der Waals surface area contributed by atoms with Crippen molar-refractivity contribution in [3.05, 3.63) is 32.8 Å². The molecule has 1 aliphatic rings. The molecule has 1 aromatic rings. The van der Waals surface area contributed by atoms with Crippen molar-refractivity contribution >= 4 is 23.2 Å². The van der Waals surface area contributed by atoms with E-state index in [1.807, 2.05) is 0 Å². The van der Waals surface area contributed by atoms with Gasteiger partial charge in [0, 0.05) is 25.7 Å². The molecule has 1 amide bonds. The Bertz CT molecular complexity index is 545. The monoisotopic (exact) mass is 284 g/mol. The second kappa shape index (κ2) is 5.05. The molecule has 0 aliphatic carbocycles. The van der Waals surface area contributed by atoms with Gasteiger partial charge in [0.05, 0.1) is 10.8 Å². The van der Waals surface area contributed by atoms with Gasteiger partial charge in [-0.1, -0.05) is 11.6 Å². The van der Waals surface area contributed by atoms with Crippen LogP contribution in [-0.4, -0.2) is 36.4 Å². The molecule has 6 nitrogen and oxygen atoms in total. The fourth-order valence-electron chi connectivity index (χ4n) is 2.08. The summed E-state index contributed by atoms with van der Waals surface area (Å²) in [5, 5.41) is 10.9. The van der Waals surface area contributed by atoms with E-state index < -0.39 is 4.92 Å². The molecule has 1 atom stereocenters. The molecule has 19 heavy (non-hydrogen) atoms. The average molecular weight is 285 g/mol. The normalized spacial score (nSPS) is 17.3. The summed E-state index contributed by atoms with van der Waals surface area (Å²) in [5.74, 6) is 0.0774. The third kappa shape index (κ3) is 2.49. The number of ether oxygens (including phenoxy) is 1. The molecule has 1 aliphatic heterocycles. The largest absolute Gasteiger partial charge is 0.492 e. The van der Waals surface area contributed by atoms with Crippen LogP contribution in [0.3, 0.4) is 0 Å². The van der Waals surface area contributed by atoms with Crippen molar-refractivity contribution in [2.24, 2.45) is 5.92 Å². The first-order valence-corrected chi connectivity index (χ1v) is 6.09. The molecular formula is C12H13ClN2O4. The van der Waals surface area contributed by atoms with Crippen LogP contribution in [0.25, 0.3) is 0 Å². The number of rotatable bonds is 2. The number of carbonyl (C=O) groups excluding carboxylic acids is 1. The number of hydrogen-bond donors (Lipinski definition) is 0. The van der Waals surface area contributed by atoms with Gasteiger partial charge in [-0.25, -0.2) is 0 Å². The highest BCUT2D eigenvalue weighted by Gasteiger charge is 2.31. The Labute approximate surface area is 115 Å². The zero-order valence-corrected chi connectivity index (χ0v) is 11.3. The molecular weight excluding hydrogens is 272 g/mol. The number of amides is 1. The standard InChI is InChI=1S/C12H13ClN2O4/c1-14(2)12(16)7-5-8-10(19-6-7)4-3-9(11(8)13)15(17)18/h3-4,7H,5-6H2,1-2H3/t7-/m0/s1. The molecule has 1 aromatic carbocycles. The van der Waals surface area contributed by atoms with Crippen molar-refractivity contribution in [2.75, 3.05) is 20.7 Å². The van der Waals surface area contributed by atoms with Crippen molar-refractivity contribution in [2.45, 2.75) is 6.42 Å². The van der Waals surface area contributed by atoms with Crippen LogP contribution >= 0.6 is 11.6 Å². The molecule has 0 fully saturated rings. The highest BCUT2D eigenvalue weighted by atomic mass is 35.5. The lowest BCUT2D eigenvalue weighted by Crippen LogP contribution is -2.36. The van der Waals surface area contributed by atoms with E-state index >= 15 is 0 Å². The van der Waals surface area contributed by atoms with Crippen molar-refractivity contribution in [1.29, 1.82) is 0 Å². The molecule has 0 radical (unpaired) electrons. The predicted octanol–water partition coefficient (Wildman–Crippen LogP) is 1.89. The van der Waals surface area contributed by atoms with E-state index in [2.05, 4.69) is 0 Å². The lowest BCUT2D eigenvalue weighted by atomic mass is 9.95. The Morgan fingerprint density at radius 1 is 1.53 bits per heavy atom. The van der Waals surface area contributed by atoms with Gasteiger partial charge in [-0.2, -0.15) is 0 Å². The molecule has 1 heterocycles. The van der Waals surface area contributed by atoms with Crippen LogP contribution < -0.4 is 4.74 Å². The summed E-state index contributed by atoms with van der Waals surface area (Å²) in [6.07, 6.45) is 0.354. The van der Waals surface area contributed by atoms with Crippen LogP contribution in [0.5, 0.6) is 5.75 Å². The van der Waals surface area contributed by atoms with Gasteiger partial charge in [0.15, 0.2) is 0 Å². The van der Waals surface area contributed by atoms with Gasteiger partial charge in [-0.05, 0) is 12.5 Å². The zero-order valence-electron chi connectivity index (χ0n) is 10.6. The minimum atomic E-state index is -0.542. The van der Waals surface area contributed by atoms with Gasteiger partial charge >= 0.3 is 0 Å².